The normalized spacial score (nSPS) is 11.1. The van der Waals surface area contributed by atoms with Gasteiger partial charge in [0.2, 0.25) is 0 Å². The summed E-state index contributed by atoms with van der Waals surface area (Å²) in [5.74, 6) is 0. The van der Waals surface area contributed by atoms with E-state index in [0.29, 0.717) is 0 Å². The molecule has 1 aromatic rings. The molecule has 108 valence electrons. The van der Waals surface area contributed by atoms with E-state index in [1.165, 1.54) is 50.7 Å². The van der Waals surface area contributed by atoms with Gasteiger partial charge in [0.1, 0.15) is 10.1 Å². The SMILES string of the molecule is CCCCCCCCCc1ccc(S(=O)(=O)[O-])cc1.[K+]. The van der Waals surface area contributed by atoms with Crippen LogP contribution in [0.5, 0.6) is 0 Å². The van der Waals surface area contributed by atoms with Crippen LogP contribution in [-0.2, 0) is 16.5 Å². The first-order valence-electron chi connectivity index (χ1n) is 7.09. The van der Waals surface area contributed by atoms with Crippen molar-refractivity contribution in [2.45, 2.75) is 63.2 Å². The van der Waals surface area contributed by atoms with Crippen molar-refractivity contribution in [3.63, 3.8) is 0 Å². The molecule has 0 spiro atoms. The minimum absolute atomic E-state index is 0. The fourth-order valence-electron chi connectivity index (χ4n) is 2.11. The third-order valence-electron chi connectivity index (χ3n) is 3.28. The number of hydrogen-bond acceptors (Lipinski definition) is 3. The topological polar surface area (TPSA) is 57.2 Å². The molecule has 1 rings (SSSR count). The molecule has 0 aliphatic carbocycles. The predicted octanol–water partition coefficient (Wildman–Crippen LogP) is 0.888. The molecular formula is C15H23KO3S. The van der Waals surface area contributed by atoms with Crippen molar-refractivity contribution in [2.75, 3.05) is 0 Å². The van der Waals surface area contributed by atoms with Crippen molar-refractivity contribution in [1.29, 1.82) is 0 Å². The Kier molecular flexibility index (Phi) is 11.8. The Morgan fingerprint density at radius 1 is 0.900 bits per heavy atom. The third kappa shape index (κ3) is 8.92. The van der Waals surface area contributed by atoms with Gasteiger partial charge in [0.15, 0.2) is 0 Å². The quantitative estimate of drug-likeness (QED) is 0.385. The van der Waals surface area contributed by atoms with E-state index in [2.05, 4.69) is 6.92 Å². The van der Waals surface area contributed by atoms with Crippen LogP contribution in [0, 0.1) is 0 Å². The summed E-state index contributed by atoms with van der Waals surface area (Å²) in [4.78, 5) is -0.143. The van der Waals surface area contributed by atoms with Gasteiger partial charge in [-0.3, -0.25) is 0 Å². The zero-order valence-electron chi connectivity index (χ0n) is 12.6. The molecule has 0 aromatic heterocycles. The summed E-state index contributed by atoms with van der Waals surface area (Å²) < 4.78 is 32.3. The second kappa shape index (κ2) is 11.3. The summed E-state index contributed by atoms with van der Waals surface area (Å²) in [6.45, 7) is 2.21. The van der Waals surface area contributed by atoms with Gasteiger partial charge in [-0.2, -0.15) is 0 Å². The Bertz CT molecular complexity index is 455. The van der Waals surface area contributed by atoms with E-state index >= 15 is 0 Å². The molecule has 0 atom stereocenters. The Morgan fingerprint density at radius 3 is 1.90 bits per heavy atom. The van der Waals surface area contributed by atoms with Crippen molar-refractivity contribution >= 4 is 10.1 Å². The summed E-state index contributed by atoms with van der Waals surface area (Å²) in [7, 11) is -4.31. The zero-order valence-corrected chi connectivity index (χ0v) is 16.5. The molecule has 3 nitrogen and oxygen atoms in total. The molecule has 0 N–H and O–H groups in total. The fraction of sp³-hybridized carbons (Fsp3) is 0.600. The minimum atomic E-state index is -4.31. The Labute approximate surface area is 165 Å². The summed E-state index contributed by atoms with van der Waals surface area (Å²) in [6, 6.07) is 6.28. The van der Waals surface area contributed by atoms with E-state index in [1.54, 1.807) is 12.1 Å². The first-order valence-corrected chi connectivity index (χ1v) is 8.49. The van der Waals surface area contributed by atoms with Gasteiger partial charge in [0.05, 0.1) is 4.90 Å². The Hall–Kier alpha value is 0.766. The number of unbranched alkanes of at least 4 members (excludes halogenated alkanes) is 6. The van der Waals surface area contributed by atoms with Gasteiger partial charge in [-0.15, -0.1) is 0 Å². The van der Waals surface area contributed by atoms with E-state index in [-0.39, 0.29) is 56.3 Å². The molecule has 0 unspecified atom stereocenters. The van der Waals surface area contributed by atoms with Crippen LogP contribution in [0.2, 0.25) is 0 Å². The molecule has 0 fully saturated rings. The van der Waals surface area contributed by atoms with Gasteiger partial charge in [0.25, 0.3) is 0 Å². The molecule has 0 saturated heterocycles. The van der Waals surface area contributed by atoms with Gasteiger partial charge in [-0.1, -0.05) is 57.6 Å². The Morgan fingerprint density at radius 2 is 1.40 bits per heavy atom. The smallest absolute Gasteiger partial charge is 0.744 e. The van der Waals surface area contributed by atoms with Gasteiger partial charge in [-0.25, -0.2) is 8.42 Å². The Balaban J connectivity index is 0.00000361. The second-order valence-electron chi connectivity index (χ2n) is 4.97. The van der Waals surface area contributed by atoms with E-state index in [1.807, 2.05) is 0 Å². The van der Waals surface area contributed by atoms with Crippen molar-refractivity contribution < 1.29 is 64.4 Å². The third-order valence-corrected chi connectivity index (χ3v) is 4.13. The van der Waals surface area contributed by atoms with E-state index in [9.17, 15) is 13.0 Å². The van der Waals surface area contributed by atoms with Crippen LogP contribution in [0.3, 0.4) is 0 Å². The average molecular weight is 323 g/mol. The van der Waals surface area contributed by atoms with Crippen LogP contribution in [0.15, 0.2) is 29.2 Å². The van der Waals surface area contributed by atoms with Crippen LogP contribution < -0.4 is 51.4 Å². The monoisotopic (exact) mass is 322 g/mol. The molecule has 0 aliphatic rings. The van der Waals surface area contributed by atoms with Crippen molar-refractivity contribution in [1.82, 2.24) is 0 Å². The molecule has 0 amide bonds. The number of rotatable bonds is 9. The van der Waals surface area contributed by atoms with E-state index < -0.39 is 10.1 Å². The molecular weight excluding hydrogens is 299 g/mol. The van der Waals surface area contributed by atoms with Crippen LogP contribution in [-0.4, -0.2) is 13.0 Å². The molecule has 0 bridgehead atoms. The fourth-order valence-corrected chi connectivity index (χ4v) is 2.58. The summed E-state index contributed by atoms with van der Waals surface area (Å²) in [5.41, 5.74) is 1.10. The number of hydrogen-bond donors (Lipinski definition) is 0. The van der Waals surface area contributed by atoms with Gasteiger partial charge < -0.3 is 4.55 Å². The van der Waals surface area contributed by atoms with Gasteiger partial charge >= 0.3 is 51.4 Å². The first-order chi connectivity index (χ1) is 9.04. The largest absolute Gasteiger partial charge is 1.00 e. The number of aryl methyl sites for hydroxylation is 1. The van der Waals surface area contributed by atoms with Crippen LogP contribution in [0.4, 0.5) is 0 Å². The first kappa shape index (κ1) is 20.8. The minimum Gasteiger partial charge on any atom is -0.744 e. The van der Waals surface area contributed by atoms with Crippen molar-refractivity contribution in [2.24, 2.45) is 0 Å². The van der Waals surface area contributed by atoms with Crippen molar-refractivity contribution in [3.05, 3.63) is 29.8 Å². The molecule has 1 aromatic carbocycles. The maximum atomic E-state index is 10.8. The van der Waals surface area contributed by atoms with Crippen LogP contribution >= 0.6 is 0 Å². The molecule has 20 heavy (non-hydrogen) atoms. The van der Waals surface area contributed by atoms with E-state index in [0.717, 1.165) is 18.4 Å². The van der Waals surface area contributed by atoms with Crippen LogP contribution in [0.25, 0.3) is 0 Å². The second-order valence-corrected chi connectivity index (χ2v) is 6.35. The van der Waals surface area contributed by atoms with E-state index in [4.69, 9.17) is 0 Å². The average Bonchev–Trinajstić information content (AvgIpc) is 2.37. The summed E-state index contributed by atoms with van der Waals surface area (Å²) in [5, 5.41) is 0. The molecule has 5 heteroatoms. The van der Waals surface area contributed by atoms with Crippen LogP contribution in [0.1, 0.15) is 57.4 Å². The summed E-state index contributed by atoms with van der Waals surface area (Å²) in [6.07, 6.45) is 9.79. The molecule has 0 heterocycles. The maximum Gasteiger partial charge on any atom is 1.00 e. The maximum absolute atomic E-state index is 10.8. The van der Waals surface area contributed by atoms with Gasteiger partial charge in [0, 0.05) is 0 Å². The van der Waals surface area contributed by atoms with Crippen molar-refractivity contribution in [3.8, 4) is 0 Å². The standard InChI is InChI=1S/C15H24O3S.K/c1-2-3-4-5-6-7-8-9-14-10-12-15(13-11-14)19(16,17)18;/h10-13H,2-9H2,1H3,(H,16,17,18);/q;+1/p-1. The summed E-state index contributed by atoms with van der Waals surface area (Å²) >= 11 is 0. The predicted molar refractivity (Wildman–Crippen MR) is 76.1 cm³/mol. The zero-order chi connectivity index (χ0) is 14.1. The molecule has 0 aliphatic heterocycles. The molecule has 0 saturated carbocycles. The van der Waals surface area contributed by atoms with Gasteiger partial charge in [-0.05, 0) is 30.5 Å². The number of benzene rings is 1. The molecule has 0 radical (unpaired) electrons.